The summed E-state index contributed by atoms with van der Waals surface area (Å²) >= 11 is 4.62. The minimum Gasteiger partial charge on any atom is -0.389 e. The third-order valence-corrected chi connectivity index (χ3v) is 21.1. The van der Waals surface area contributed by atoms with Crippen molar-refractivity contribution in [2.24, 2.45) is 5.92 Å². The fourth-order valence-electron chi connectivity index (χ4n) is 12.3. The maximum absolute atomic E-state index is 13.0. The van der Waals surface area contributed by atoms with Gasteiger partial charge in [-0.05, 0) is 233 Å². The number of Topliss-reactive ketones (excluding diaryl/α,β-unsaturated/α-hetero) is 4. The molecule has 0 radical (unpaired) electrons. The van der Waals surface area contributed by atoms with Gasteiger partial charge in [0.05, 0.1) is 32.9 Å². The third kappa shape index (κ3) is 20.5. The van der Waals surface area contributed by atoms with E-state index in [0.29, 0.717) is 31.5 Å². The van der Waals surface area contributed by atoms with Crippen LogP contribution in [0, 0.1) is 19.8 Å². The molecular weight excluding hydrogens is 1270 g/mol. The molecule has 10 nitrogen and oxygen atoms in total. The van der Waals surface area contributed by atoms with Crippen LogP contribution >= 0.6 is 34.0 Å². The second-order valence-corrected chi connectivity index (χ2v) is 28.7. The van der Waals surface area contributed by atoms with Crippen molar-refractivity contribution >= 4 is 91.3 Å². The van der Waals surface area contributed by atoms with E-state index >= 15 is 0 Å². The van der Waals surface area contributed by atoms with E-state index in [-0.39, 0.29) is 29.2 Å². The molecule has 8 aromatic carbocycles. The molecular formula is C85H87N3O7S3. The fourth-order valence-corrected chi connectivity index (χ4v) is 15.2. The molecule has 6 N–H and O–H groups in total. The van der Waals surface area contributed by atoms with Gasteiger partial charge in [-0.2, -0.15) is 0 Å². The molecule has 5 unspecified atom stereocenters. The second-order valence-electron chi connectivity index (χ2n) is 25.4. The van der Waals surface area contributed by atoms with Crippen molar-refractivity contribution in [3.05, 3.63) is 284 Å². The molecule has 502 valence electrons. The molecule has 1 aliphatic rings. The summed E-state index contributed by atoms with van der Waals surface area (Å²) in [5.74, 6) is 1.35. The Morgan fingerprint density at radius 3 is 1.23 bits per heavy atom. The first-order valence-electron chi connectivity index (χ1n) is 33.9. The summed E-state index contributed by atoms with van der Waals surface area (Å²) < 4.78 is 0. The number of hydrogen-bond acceptors (Lipinski definition) is 13. The first-order chi connectivity index (χ1) is 47.4. The number of anilines is 6. The molecule has 1 aliphatic carbocycles. The predicted molar refractivity (Wildman–Crippen MR) is 408 cm³/mol. The van der Waals surface area contributed by atoms with Crippen LogP contribution in [0.1, 0.15) is 178 Å². The predicted octanol–water partition coefficient (Wildman–Crippen LogP) is 22.6. The summed E-state index contributed by atoms with van der Waals surface area (Å²) in [6, 6.07) is 76.4. The lowest BCUT2D eigenvalue weighted by Crippen LogP contribution is -2.07. The average molecular weight is 1360 g/mol. The highest BCUT2D eigenvalue weighted by Crippen LogP contribution is 2.37. The molecule has 1 fully saturated rings. The van der Waals surface area contributed by atoms with Gasteiger partial charge in [-0.3, -0.25) is 19.2 Å². The molecule has 98 heavy (non-hydrogen) atoms. The molecule has 0 aliphatic heterocycles. The van der Waals surface area contributed by atoms with Crippen LogP contribution in [-0.4, -0.2) is 38.5 Å². The molecule has 0 saturated heterocycles. The Balaban J connectivity index is 0.000000159. The van der Waals surface area contributed by atoms with Gasteiger partial charge in [-0.25, -0.2) is 0 Å². The zero-order valence-corrected chi connectivity index (χ0v) is 59.0. The van der Waals surface area contributed by atoms with E-state index in [1.165, 1.54) is 33.6 Å². The summed E-state index contributed by atoms with van der Waals surface area (Å²) in [6.45, 7) is 11.6. The highest BCUT2D eigenvalue weighted by molar-refractivity contribution is 7.18. The minimum atomic E-state index is -0.510. The molecule has 0 amide bonds. The van der Waals surface area contributed by atoms with E-state index in [2.05, 4.69) is 97.4 Å². The second kappa shape index (κ2) is 34.9. The Morgan fingerprint density at radius 1 is 0.449 bits per heavy atom. The van der Waals surface area contributed by atoms with Gasteiger partial charge in [0.1, 0.15) is 5.78 Å². The lowest BCUT2D eigenvalue weighted by Gasteiger charge is -2.13. The van der Waals surface area contributed by atoms with Crippen molar-refractivity contribution in [3.63, 3.8) is 0 Å². The summed E-state index contributed by atoms with van der Waals surface area (Å²) in [4.78, 5) is 55.8. The SMILES string of the molecule is CC(O)c1cccc(Nc2cccc(-c3ccc(C(=O)CCCC4CCCC4=O)s3)c2)c1.CCC(CC(=O)c1ccc(-c2cccc(Nc3cccc(C(C)O)c3)c2)s1)c1ccccc1.Cc1cc(C)cc(CCC(=O)c2ccc(-c3cccc(Nc4cccc(C(C)O)c4)c3)s2)c1. The zero-order valence-electron chi connectivity index (χ0n) is 56.6. The van der Waals surface area contributed by atoms with Crippen molar-refractivity contribution in [1.29, 1.82) is 0 Å². The molecule has 1 saturated carbocycles. The van der Waals surface area contributed by atoms with Crippen LogP contribution in [0.15, 0.2) is 231 Å². The highest BCUT2D eigenvalue weighted by atomic mass is 32.1. The van der Waals surface area contributed by atoms with E-state index in [9.17, 15) is 34.5 Å². The zero-order chi connectivity index (χ0) is 69.1. The number of nitrogens with one attached hydrogen (secondary N) is 3. The topological polar surface area (TPSA) is 165 Å². The Labute approximate surface area is 589 Å². The van der Waals surface area contributed by atoms with Gasteiger partial charge < -0.3 is 31.3 Å². The molecule has 0 spiro atoms. The maximum atomic E-state index is 13.0. The van der Waals surface area contributed by atoms with Crippen LogP contribution in [0.25, 0.3) is 31.3 Å². The van der Waals surface area contributed by atoms with Crippen molar-refractivity contribution in [3.8, 4) is 31.3 Å². The standard InChI is InChI=1S/2C29H29NO2S.C27H29NO3S/c1-19-14-20(2)16-22(15-19)10-11-27(32)29-13-12-28(33-29)24-7-5-9-26(18-24)30-25-8-4-6-23(17-25)21(3)31;1-3-21(22-9-5-4-6-10-22)19-27(32)29-16-15-28(33-29)24-12-8-14-26(18-24)30-25-13-7-11-23(17-25)20(2)31;1-18(29)20-8-2-10-22(16-20)28-23-11-3-9-21(17-23)26-14-15-27(32-26)25(31)13-5-7-19-6-4-12-24(19)30/h4-9,12-18,21,30-31H,10-11H2,1-3H3;4-18,20-21,30-31H,3,19H2,1-2H3;2-3,8-11,14-19,28-29H,4-7,12-13H2,1H3. The first kappa shape index (κ1) is 71.6. The number of carbonyl (C=O) groups is 4. The molecule has 0 bridgehead atoms. The van der Waals surface area contributed by atoms with Gasteiger partial charge in [-0.1, -0.05) is 139 Å². The van der Waals surface area contributed by atoms with Crippen molar-refractivity contribution in [1.82, 2.24) is 0 Å². The summed E-state index contributed by atoms with van der Waals surface area (Å²) in [5.41, 5.74) is 16.4. The van der Waals surface area contributed by atoms with Crippen LogP contribution in [-0.2, 0) is 11.2 Å². The minimum absolute atomic E-state index is 0.163. The number of rotatable bonds is 26. The van der Waals surface area contributed by atoms with Crippen LogP contribution < -0.4 is 16.0 Å². The molecule has 3 heterocycles. The van der Waals surface area contributed by atoms with E-state index in [1.54, 1.807) is 43.4 Å². The first-order valence-corrected chi connectivity index (χ1v) is 36.4. The van der Waals surface area contributed by atoms with Gasteiger partial charge in [0, 0.05) is 80.4 Å². The molecule has 12 rings (SSSR count). The highest BCUT2D eigenvalue weighted by Gasteiger charge is 2.25. The van der Waals surface area contributed by atoms with Gasteiger partial charge >= 0.3 is 0 Å². The number of thiophene rings is 3. The van der Waals surface area contributed by atoms with Crippen LogP contribution in [0.3, 0.4) is 0 Å². The van der Waals surface area contributed by atoms with Crippen LogP contribution in [0.5, 0.6) is 0 Å². The molecule has 5 atom stereocenters. The van der Waals surface area contributed by atoms with Gasteiger partial charge in [0.15, 0.2) is 17.3 Å². The van der Waals surface area contributed by atoms with Gasteiger partial charge in [-0.15, -0.1) is 34.0 Å². The number of benzene rings is 8. The van der Waals surface area contributed by atoms with E-state index in [1.807, 2.05) is 170 Å². The normalized spacial score (nSPS) is 13.8. The molecule has 3 aromatic heterocycles. The van der Waals surface area contributed by atoms with Crippen LogP contribution in [0.2, 0.25) is 0 Å². The van der Waals surface area contributed by atoms with E-state index in [4.69, 9.17) is 0 Å². The number of hydrogen-bond donors (Lipinski definition) is 6. The third-order valence-electron chi connectivity index (χ3n) is 17.6. The van der Waals surface area contributed by atoms with Crippen LogP contribution in [0.4, 0.5) is 34.1 Å². The maximum Gasteiger partial charge on any atom is 0.173 e. The summed E-state index contributed by atoms with van der Waals surface area (Å²) in [7, 11) is 0. The number of ketones is 4. The summed E-state index contributed by atoms with van der Waals surface area (Å²) in [6.07, 6.45) is 6.07. The Bertz CT molecular complexity index is 4460. The Kier molecular flexibility index (Phi) is 25.5. The largest absolute Gasteiger partial charge is 0.389 e. The van der Waals surface area contributed by atoms with Gasteiger partial charge in [0.2, 0.25) is 0 Å². The smallest absolute Gasteiger partial charge is 0.173 e. The Hall–Kier alpha value is -9.18. The average Bonchev–Trinajstić information content (AvgIpc) is 1.66. The lowest BCUT2D eigenvalue weighted by molar-refractivity contribution is -0.120. The fraction of sp³-hybridized carbons (Fsp3) is 0.247. The molecule has 13 heteroatoms. The van der Waals surface area contributed by atoms with Crippen molar-refractivity contribution in [2.75, 3.05) is 16.0 Å². The van der Waals surface area contributed by atoms with Crippen molar-refractivity contribution < 1.29 is 34.5 Å². The summed E-state index contributed by atoms with van der Waals surface area (Å²) in [5, 5.41) is 39.7. The van der Waals surface area contributed by atoms with Crippen molar-refractivity contribution in [2.45, 2.75) is 130 Å². The lowest BCUT2D eigenvalue weighted by atomic mass is 9.91. The number of aliphatic hydroxyl groups is 3. The van der Waals surface area contributed by atoms with Gasteiger partial charge in [0.25, 0.3) is 0 Å². The number of aryl methyl sites for hydroxylation is 3. The Morgan fingerprint density at radius 2 is 0.837 bits per heavy atom. The monoisotopic (exact) mass is 1360 g/mol. The van der Waals surface area contributed by atoms with E-state index in [0.717, 1.165) is 135 Å². The van der Waals surface area contributed by atoms with E-state index < -0.39 is 18.3 Å². The number of carbonyl (C=O) groups excluding carboxylic acids is 4. The number of aliphatic hydroxyl groups excluding tert-OH is 3. The quantitative estimate of drug-likeness (QED) is 0.0288. The molecule has 11 aromatic rings.